The van der Waals surface area contributed by atoms with E-state index in [2.05, 4.69) is 9.78 Å². The number of hydrogen-bond donors (Lipinski definition) is 0. The Morgan fingerprint density at radius 3 is 1.23 bits per heavy atom. The first-order valence-electron chi connectivity index (χ1n) is 12.5. The van der Waals surface area contributed by atoms with Crippen molar-refractivity contribution in [2.75, 3.05) is 26.4 Å². The quantitative estimate of drug-likeness (QED) is 0.103. The van der Waals surface area contributed by atoms with Crippen molar-refractivity contribution in [1.29, 1.82) is 0 Å². The van der Waals surface area contributed by atoms with E-state index < -0.39 is 35.1 Å². The highest BCUT2D eigenvalue weighted by molar-refractivity contribution is 6.29. The molecular formula is C28H34O12. The average molecular weight is 563 g/mol. The summed E-state index contributed by atoms with van der Waals surface area (Å²) in [6.07, 6.45) is 0.484. The first-order valence-corrected chi connectivity index (χ1v) is 12.5. The molecule has 218 valence electrons. The maximum Gasteiger partial charge on any atom is 0.449 e. The zero-order valence-electron chi connectivity index (χ0n) is 22.9. The van der Waals surface area contributed by atoms with Gasteiger partial charge in [-0.15, -0.1) is 0 Å². The summed E-state index contributed by atoms with van der Waals surface area (Å²) in [6, 6.07) is 17.8. The van der Waals surface area contributed by atoms with E-state index in [-0.39, 0.29) is 39.3 Å². The van der Waals surface area contributed by atoms with Gasteiger partial charge in [-0.1, -0.05) is 36.4 Å². The third-order valence-electron chi connectivity index (χ3n) is 5.01. The van der Waals surface area contributed by atoms with E-state index in [0.29, 0.717) is 11.5 Å². The predicted molar refractivity (Wildman–Crippen MR) is 138 cm³/mol. The molecule has 12 nitrogen and oxygen atoms in total. The Morgan fingerprint density at radius 2 is 0.875 bits per heavy atom. The third-order valence-corrected chi connectivity index (χ3v) is 5.01. The second-order valence-corrected chi connectivity index (χ2v) is 9.52. The minimum absolute atomic E-state index is 0.0510. The Balaban J connectivity index is 1.60. The maximum atomic E-state index is 11.9. The number of rotatable bonds is 15. The van der Waals surface area contributed by atoms with E-state index >= 15 is 0 Å². The number of ether oxygens (including phenoxy) is 4. The molecule has 0 spiro atoms. The molecule has 0 unspecified atom stereocenters. The largest absolute Gasteiger partial charge is 0.490 e. The van der Waals surface area contributed by atoms with Crippen LogP contribution in [0, 0.1) is 0 Å². The molecule has 40 heavy (non-hydrogen) atoms. The van der Waals surface area contributed by atoms with Crippen LogP contribution in [0.25, 0.3) is 0 Å². The van der Waals surface area contributed by atoms with Crippen LogP contribution in [-0.4, -0.2) is 61.5 Å². The van der Waals surface area contributed by atoms with Crippen molar-refractivity contribution in [3.63, 3.8) is 0 Å². The highest BCUT2D eigenvalue weighted by atomic mass is 17.2. The van der Waals surface area contributed by atoms with Gasteiger partial charge in [0.2, 0.25) is 0 Å². The molecule has 0 aliphatic carbocycles. The van der Waals surface area contributed by atoms with E-state index in [1.165, 1.54) is 0 Å². The molecule has 0 bridgehead atoms. The van der Waals surface area contributed by atoms with Crippen molar-refractivity contribution in [1.82, 2.24) is 0 Å². The van der Waals surface area contributed by atoms with Gasteiger partial charge in [0.25, 0.3) is 0 Å². The third kappa shape index (κ3) is 13.1. The van der Waals surface area contributed by atoms with E-state index in [1.54, 1.807) is 76.2 Å². The fourth-order valence-corrected chi connectivity index (χ4v) is 2.79. The topological polar surface area (TPSA) is 142 Å². The summed E-state index contributed by atoms with van der Waals surface area (Å²) in [4.78, 5) is 66.7. The minimum atomic E-state index is -1.33. The summed E-state index contributed by atoms with van der Waals surface area (Å²) in [5.41, 5.74) is -2.09. The molecule has 0 aliphatic heterocycles. The lowest BCUT2D eigenvalue weighted by atomic mass is 9.94. The van der Waals surface area contributed by atoms with Crippen LogP contribution < -0.4 is 9.47 Å². The molecule has 0 saturated heterocycles. The highest BCUT2D eigenvalue weighted by Crippen LogP contribution is 2.25. The van der Waals surface area contributed by atoms with Gasteiger partial charge in [0, 0.05) is 0 Å². The van der Waals surface area contributed by atoms with Gasteiger partial charge in [-0.2, -0.15) is 9.78 Å². The molecule has 0 N–H and O–H groups in total. The van der Waals surface area contributed by atoms with Crippen molar-refractivity contribution >= 4 is 23.9 Å². The van der Waals surface area contributed by atoms with Crippen LogP contribution in [-0.2, 0) is 48.2 Å². The Kier molecular flexibility index (Phi) is 12.9. The molecule has 0 saturated carbocycles. The Hall–Kier alpha value is -4.16. The Bertz CT molecular complexity index is 995. The van der Waals surface area contributed by atoms with Crippen LogP contribution in [0.15, 0.2) is 60.7 Å². The molecule has 2 aromatic carbocycles. The van der Waals surface area contributed by atoms with Gasteiger partial charge in [-0.25, -0.2) is 19.2 Å². The molecule has 0 fully saturated rings. The number of hydrogen-bond acceptors (Lipinski definition) is 12. The van der Waals surface area contributed by atoms with E-state index in [0.717, 1.165) is 0 Å². The molecule has 12 heteroatoms. The van der Waals surface area contributed by atoms with Gasteiger partial charge >= 0.3 is 23.9 Å². The van der Waals surface area contributed by atoms with Crippen LogP contribution in [0.1, 0.15) is 40.5 Å². The SMILES string of the molecule is CC(C)(CCC(C)(C)OOC(=O)C(=O)OCCOc1ccccc1)OOC(=O)C(=O)OCCOc1ccccc1. The number of carbonyl (C=O) groups excluding carboxylic acids is 4. The Labute approximate surface area is 232 Å². The number of esters is 2. The normalized spacial score (nSPS) is 11.2. The van der Waals surface area contributed by atoms with Crippen molar-refractivity contribution in [3.8, 4) is 11.5 Å². The highest BCUT2D eigenvalue weighted by Gasteiger charge is 2.32. The maximum absolute atomic E-state index is 11.9. The van der Waals surface area contributed by atoms with Gasteiger partial charge in [-0.05, 0) is 64.8 Å². The van der Waals surface area contributed by atoms with E-state index in [4.69, 9.17) is 28.7 Å². The van der Waals surface area contributed by atoms with Crippen molar-refractivity contribution in [2.24, 2.45) is 0 Å². The van der Waals surface area contributed by atoms with Crippen LogP contribution in [0.3, 0.4) is 0 Å². The summed E-state index contributed by atoms with van der Waals surface area (Å²) in [7, 11) is 0. The average Bonchev–Trinajstić information content (AvgIpc) is 2.95. The van der Waals surface area contributed by atoms with Gasteiger partial charge in [0.05, 0.1) is 0 Å². The molecule has 2 aromatic rings. The second kappa shape index (κ2) is 16.1. The monoisotopic (exact) mass is 562 g/mol. The van der Waals surface area contributed by atoms with Crippen LogP contribution in [0.4, 0.5) is 0 Å². The standard InChI is InChI=1S/C28H34O12/c1-27(2,39-37-25(31)23(29)35-19-17-33-21-11-7-5-8-12-21)15-16-28(3,4)40-38-26(32)24(30)36-20-18-34-22-13-9-6-10-14-22/h5-14H,15-20H2,1-4H3. The zero-order chi connectivity index (χ0) is 29.4. The van der Waals surface area contributed by atoms with Gasteiger partial charge < -0.3 is 18.9 Å². The van der Waals surface area contributed by atoms with E-state index in [9.17, 15) is 19.2 Å². The van der Waals surface area contributed by atoms with Crippen molar-refractivity contribution in [2.45, 2.75) is 51.7 Å². The number of benzene rings is 2. The number of para-hydroxylation sites is 2. The van der Waals surface area contributed by atoms with Gasteiger partial charge in [0.15, 0.2) is 0 Å². The molecule has 0 radical (unpaired) electrons. The zero-order valence-corrected chi connectivity index (χ0v) is 22.9. The lowest BCUT2D eigenvalue weighted by molar-refractivity contribution is -0.339. The minimum Gasteiger partial charge on any atom is -0.490 e. The van der Waals surface area contributed by atoms with Crippen molar-refractivity contribution < 1.29 is 57.7 Å². The van der Waals surface area contributed by atoms with Crippen LogP contribution in [0.5, 0.6) is 11.5 Å². The smallest absolute Gasteiger partial charge is 0.449 e. The first kappa shape index (κ1) is 32.1. The molecule has 0 atom stereocenters. The summed E-state index contributed by atoms with van der Waals surface area (Å²) >= 11 is 0. The second-order valence-electron chi connectivity index (χ2n) is 9.52. The van der Waals surface area contributed by atoms with Gasteiger partial charge in [-0.3, -0.25) is 9.78 Å². The lowest BCUT2D eigenvalue weighted by Gasteiger charge is -2.28. The molecular weight excluding hydrogens is 528 g/mol. The van der Waals surface area contributed by atoms with Crippen LogP contribution >= 0.6 is 0 Å². The van der Waals surface area contributed by atoms with Crippen LogP contribution in [0.2, 0.25) is 0 Å². The summed E-state index contributed by atoms with van der Waals surface area (Å²) in [5.74, 6) is -3.94. The molecule has 0 aromatic heterocycles. The van der Waals surface area contributed by atoms with Crippen molar-refractivity contribution in [3.05, 3.63) is 60.7 Å². The molecule has 0 aliphatic rings. The predicted octanol–water partition coefficient (Wildman–Crippen LogP) is 3.52. The number of carbonyl (C=O) groups is 4. The Morgan fingerprint density at radius 1 is 0.525 bits per heavy atom. The molecule has 0 heterocycles. The summed E-state index contributed by atoms with van der Waals surface area (Å²) < 4.78 is 20.3. The van der Waals surface area contributed by atoms with E-state index in [1.807, 2.05) is 12.1 Å². The lowest BCUT2D eigenvalue weighted by Crippen LogP contribution is -2.34. The summed E-state index contributed by atoms with van der Waals surface area (Å²) in [6.45, 7) is 6.21. The fourth-order valence-electron chi connectivity index (χ4n) is 2.79. The molecule has 0 amide bonds. The summed E-state index contributed by atoms with van der Waals surface area (Å²) in [5, 5.41) is 0. The first-order chi connectivity index (χ1) is 19.0. The fraction of sp³-hybridized carbons (Fsp3) is 0.429. The molecule has 2 rings (SSSR count). The van der Waals surface area contributed by atoms with Gasteiger partial charge in [0.1, 0.15) is 49.1 Å².